The highest BCUT2D eigenvalue weighted by molar-refractivity contribution is 5.47. The molecular weight excluding hydrogens is 246 g/mol. The third-order valence-electron chi connectivity index (χ3n) is 4.11. The van der Waals surface area contributed by atoms with Gasteiger partial charge >= 0.3 is 0 Å². The summed E-state index contributed by atoms with van der Waals surface area (Å²) in [6.45, 7) is 7.95. The highest BCUT2D eigenvalue weighted by Gasteiger charge is 2.32. The van der Waals surface area contributed by atoms with Crippen molar-refractivity contribution in [3.8, 4) is 0 Å². The lowest BCUT2D eigenvalue weighted by Crippen LogP contribution is -2.26. The summed E-state index contributed by atoms with van der Waals surface area (Å²) in [6.07, 6.45) is 2.04. The van der Waals surface area contributed by atoms with E-state index in [0.29, 0.717) is 5.92 Å². The third kappa shape index (κ3) is 2.58. The second kappa shape index (κ2) is 4.97. The van der Waals surface area contributed by atoms with Gasteiger partial charge in [0, 0.05) is 18.9 Å². The Morgan fingerprint density at radius 3 is 2.65 bits per heavy atom. The van der Waals surface area contributed by atoms with Crippen molar-refractivity contribution >= 4 is 5.82 Å². The normalized spacial score (nSPS) is 18.4. The smallest absolute Gasteiger partial charge is 0.147 e. The quantitative estimate of drug-likeness (QED) is 0.866. The number of nitrogens with one attached hydrogen (secondary N) is 2. The summed E-state index contributed by atoms with van der Waals surface area (Å²) in [5.74, 6) is 2.67. The van der Waals surface area contributed by atoms with E-state index in [1.807, 2.05) is 6.07 Å². The Balaban J connectivity index is 1.88. The van der Waals surface area contributed by atoms with E-state index in [0.717, 1.165) is 24.6 Å². The Morgan fingerprint density at radius 2 is 1.95 bits per heavy atom. The van der Waals surface area contributed by atoms with Crippen LogP contribution in [0, 0.1) is 5.41 Å². The van der Waals surface area contributed by atoms with Crippen molar-refractivity contribution in [3.05, 3.63) is 47.4 Å². The highest BCUT2D eigenvalue weighted by atomic mass is 15.1. The van der Waals surface area contributed by atoms with Gasteiger partial charge in [-0.3, -0.25) is 0 Å². The molecule has 0 radical (unpaired) electrons. The molecule has 2 aromatic rings. The zero-order chi connectivity index (χ0) is 14.2. The Kier molecular flexibility index (Phi) is 3.28. The van der Waals surface area contributed by atoms with Crippen molar-refractivity contribution in [2.45, 2.75) is 39.5 Å². The summed E-state index contributed by atoms with van der Waals surface area (Å²) < 4.78 is 0. The number of fused-ring (bicyclic) bond motifs is 1. The van der Waals surface area contributed by atoms with Gasteiger partial charge in [0.15, 0.2) is 0 Å². The molecule has 1 aliphatic heterocycles. The average molecular weight is 269 g/mol. The van der Waals surface area contributed by atoms with Crippen LogP contribution in [0.15, 0.2) is 30.3 Å². The number of aromatic amines is 1. The summed E-state index contributed by atoms with van der Waals surface area (Å²) in [5.41, 5.74) is 2.86. The number of benzene rings is 1. The SMILES string of the molecule is CC(C)(C)C1CCNc2nc(Cc3ccccc3)[nH]c21. The Hall–Kier alpha value is -1.77. The molecule has 1 unspecified atom stereocenters. The van der Waals surface area contributed by atoms with Crippen molar-refractivity contribution in [2.75, 3.05) is 11.9 Å². The molecule has 1 aromatic carbocycles. The molecular formula is C17H23N3. The number of H-pyrrole nitrogens is 1. The van der Waals surface area contributed by atoms with Crippen LogP contribution < -0.4 is 5.32 Å². The number of nitrogens with zero attached hydrogens (tertiary/aromatic N) is 1. The summed E-state index contributed by atoms with van der Waals surface area (Å²) in [7, 11) is 0. The molecule has 3 rings (SSSR count). The van der Waals surface area contributed by atoms with Crippen molar-refractivity contribution in [1.29, 1.82) is 0 Å². The maximum Gasteiger partial charge on any atom is 0.147 e. The van der Waals surface area contributed by atoms with E-state index in [1.165, 1.54) is 17.7 Å². The fourth-order valence-electron chi connectivity index (χ4n) is 3.04. The van der Waals surface area contributed by atoms with Gasteiger partial charge < -0.3 is 10.3 Å². The van der Waals surface area contributed by atoms with Gasteiger partial charge in [-0.05, 0) is 17.4 Å². The van der Waals surface area contributed by atoms with Crippen LogP contribution in [0.2, 0.25) is 0 Å². The molecule has 0 bridgehead atoms. The fraction of sp³-hybridized carbons (Fsp3) is 0.471. The van der Waals surface area contributed by atoms with Crippen LogP contribution in [-0.4, -0.2) is 16.5 Å². The molecule has 1 atom stereocenters. The molecule has 0 aliphatic carbocycles. The lowest BCUT2D eigenvalue weighted by molar-refractivity contribution is 0.300. The van der Waals surface area contributed by atoms with Gasteiger partial charge in [0.1, 0.15) is 11.6 Å². The lowest BCUT2D eigenvalue weighted by atomic mass is 9.75. The van der Waals surface area contributed by atoms with Crippen molar-refractivity contribution in [1.82, 2.24) is 9.97 Å². The van der Waals surface area contributed by atoms with Crippen molar-refractivity contribution < 1.29 is 0 Å². The largest absolute Gasteiger partial charge is 0.369 e. The van der Waals surface area contributed by atoms with E-state index < -0.39 is 0 Å². The molecule has 3 nitrogen and oxygen atoms in total. The van der Waals surface area contributed by atoms with E-state index in [1.54, 1.807) is 0 Å². The standard InChI is InChI=1S/C17H23N3/c1-17(2,3)13-9-10-18-16-15(13)19-14(20-16)11-12-7-5-4-6-8-12/h4-8,13,18H,9-11H2,1-3H3,(H,19,20). The van der Waals surface area contributed by atoms with Crippen LogP contribution in [0.4, 0.5) is 5.82 Å². The first-order valence-electron chi connectivity index (χ1n) is 7.40. The minimum Gasteiger partial charge on any atom is -0.369 e. The van der Waals surface area contributed by atoms with Gasteiger partial charge in [0.2, 0.25) is 0 Å². The molecule has 20 heavy (non-hydrogen) atoms. The zero-order valence-electron chi connectivity index (χ0n) is 12.5. The number of imidazole rings is 1. The predicted molar refractivity (Wildman–Crippen MR) is 83.1 cm³/mol. The maximum absolute atomic E-state index is 4.74. The number of anilines is 1. The average Bonchev–Trinajstić information content (AvgIpc) is 2.80. The van der Waals surface area contributed by atoms with Crippen LogP contribution in [0.3, 0.4) is 0 Å². The molecule has 1 aliphatic rings. The molecule has 2 heterocycles. The van der Waals surface area contributed by atoms with E-state index in [-0.39, 0.29) is 5.41 Å². The number of aromatic nitrogens is 2. The Bertz CT molecular complexity index is 578. The molecule has 0 amide bonds. The molecule has 3 heteroatoms. The van der Waals surface area contributed by atoms with E-state index in [2.05, 4.69) is 55.3 Å². The molecule has 2 N–H and O–H groups in total. The molecule has 0 spiro atoms. The van der Waals surface area contributed by atoms with Crippen LogP contribution in [-0.2, 0) is 6.42 Å². The minimum absolute atomic E-state index is 0.271. The minimum atomic E-state index is 0.271. The topological polar surface area (TPSA) is 40.7 Å². The first-order valence-corrected chi connectivity index (χ1v) is 7.40. The lowest BCUT2D eigenvalue weighted by Gasteiger charge is -2.33. The Labute approximate surface area is 120 Å². The van der Waals surface area contributed by atoms with Gasteiger partial charge in [-0.15, -0.1) is 0 Å². The maximum atomic E-state index is 4.74. The van der Waals surface area contributed by atoms with Gasteiger partial charge in [-0.2, -0.15) is 0 Å². The zero-order valence-corrected chi connectivity index (χ0v) is 12.5. The molecule has 0 saturated heterocycles. The third-order valence-corrected chi connectivity index (χ3v) is 4.11. The fourth-order valence-corrected chi connectivity index (χ4v) is 3.04. The van der Waals surface area contributed by atoms with Crippen LogP contribution in [0.1, 0.15) is 50.2 Å². The van der Waals surface area contributed by atoms with Crippen LogP contribution >= 0.6 is 0 Å². The van der Waals surface area contributed by atoms with Gasteiger partial charge in [-0.25, -0.2) is 4.98 Å². The molecule has 0 saturated carbocycles. The molecule has 106 valence electrons. The summed E-state index contributed by atoms with van der Waals surface area (Å²) >= 11 is 0. The first kappa shape index (κ1) is 13.2. The van der Waals surface area contributed by atoms with Crippen LogP contribution in [0.5, 0.6) is 0 Å². The molecule has 0 fully saturated rings. The number of rotatable bonds is 2. The second-order valence-electron chi connectivity index (χ2n) is 6.74. The predicted octanol–water partition coefficient (Wildman–Crippen LogP) is 3.95. The van der Waals surface area contributed by atoms with Crippen molar-refractivity contribution in [2.24, 2.45) is 5.41 Å². The van der Waals surface area contributed by atoms with Crippen molar-refractivity contribution in [3.63, 3.8) is 0 Å². The van der Waals surface area contributed by atoms with Gasteiger partial charge in [-0.1, -0.05) is 51.1 Å². The highest BCUT2D eigenvalue weighted by Crippen LogP contribution is 2.42. The van der Waals surface area contributed by atoms with E-state index in [9.17, 15) is 0 Å². The summed E-state index contributed by atoms with van der Waals surface area (Å²) in [5, 5.41) is 3.43. The second-order valence-corrected chi connectivity index (χ2v) is 6.74. The van der Waals surface area contributed by atoms with Gasteiger partial charge in [0.05, 0.1) is 5.69 Å². The number of hydrogen-bond acceptors (Lipinski definition) is 2. The summed E-state index contributed by atoms with van der Waals surface area (Å²) in [4.78, 5) is 8.31. The first-order chi connectivity index (χ1) is 9.54. The van der Waals surface area contributed by atoms with Gasteiger partial charge in [0.25, 0.3) is 0 Å². The van der Waals surface area contributed by atoms with E-state index >= 15 is 0 Å². The Morgan fingerprint density at radius 1 is 1.20 bits per heavy atom. The van der Waals surface area contributed by atoms with Crippen LogP contribution in [0.25, 0.3) is 0 Å². The van der Waals surface area contributed by atoms with E-state index in [4.69, 9.17) is 4.98 Å². The monoisotopic (exact) mass is 269 g/mol. The molecule has 1 aromatic heterocycles. The summed E-state index contributed by atoms with van der Waals surface area (Å²) in [6, 6.07) is 10.5. The number of hydrogen-bond donors (Lipinski definition) is 2.